The van der Waals surface area contributed by atoms with Crippen LogP contribution in [0.3, 0.4) is 0 Å². The number of aliphatic carboxylic acids is 1. The van der Waals surface area contributed by atoms with Crippen molar-refractivity contribution in [3.63, 3.8) is 0 Å². The number of nitrogens with two attached hydrogens (primary N) is 1. The third-order valence-electron chi connectivity index (χ3n) is 1.50. The van der Waals surface area contributed by atoms with Gasteiger partial charge in [-0.15, -0.1) is 0 Å². The molecule has 0 aromatic rings. The number of carboxylic acid groups (broad SMARTS) is 1. The molecule has 0 aliphatic heterocycles. The molecule has 0 fully saturated rings. The fourth-order valence-corrected chi connectivity index (χ4v) is 2.75. The Morgan fingerprint density at radius 2 is 2.07 bits per heavy atom. The Bertz CT molecular complexity index is 256. The minimum absolute atomic E-state index is 0.0477. The van der Waals surface area contributed by atoms with E-state index in [2.05, 4.69) is 0 Å². The Kier molecular flexibility index (Phi) is 6.42. The van der Waals surface area contributed by atoms with E-state index in [9.17, 15) is 13.9 Å². The molecule has 0 saturated carbocycles. The van der Waals surface area contributed by atoms with E-state index in [-0.39, 0.29) is 24.1 Å². The molecular formula is C6H14NO6PS. The van der Waals surface area contributed by atoms with Crippen molar-refractivity contribution >= 4 is 24.7 Å². The Morgan fingerprint density at radius 3 is 2.47 bits per heavy atom. The molecule has 0 heterocycles. The van der Waals surface area contributed by atoms with Crippen molar-refractivity contribution in [2.24, 2.45) is 5.73 Å². The quantitative estimate of drug-likeness (QED) is 0.329. The minimum Gasteiger partial charge on any atom is -0.616 e. The summed E-state index contributed by atoms with van der Waals surface area (Å²) in [5, 5.41) is 8.40. The summed E-state index contributed by atoms with van der Waals surface area (Å²) < 4.78 is 21.6. The lowest BCUT2D eigenvalue weighted by Gasteiger charge is -2.13. The Balaban J connectivity index is 3.71. The molecule has 0 bridgehead atoms. The lowest BCUT2D eigenvalue weighted by atomic mass is 10.4. The van der Waals surface area contributed by atoms with Crippen LogP contribution in [0, 0.1) is 0 Å². The highest BCUT2D eigenvalue weighted by Crippen LogP contribution is 2.34. The van der Waals surface area contributed by atoms with Gasteiger partial charge in [-0.05, 0) is 0 Å². The van der Waals surface area contributed by atoms with E-state index in [1.165, 1.54) is 0 Å². The van der Waals surface area contributed by atoms with Gasteiger partial charge >= 0.3 is 13.6 Å². The van der Waals surface area contributed by atoms with Gasteiger partial charge in [0, 0.05) is 6.42 Å². The van der Waals surface area contributed by atoms with Crippen LogP contribution in [0.25, 0.3) is 0 Å². The van der Waals surface area contributed by atoms with Crippen LogP contribution >= 0.6 is 7.60 Å². The maximum atomic E-state index is 11.2. The number of hydrogen-bond acceptors (Lipinski definition) is 4. The minimum atomic E-state index is -4.06. The summed E-state index contributed by atoms with van der Waals surface area (Å²) in [5.74, 6) is -1.39. The second-order valence-corrected chi connectivity index (χ2v) is 6.40. The predicted molar refractivity (Wildman–Crippen MR) is 55.0 cm³/mol. The molecule has 2 atom stereocenters. The maximum absolute atomic E-state index is 11.2. The fraction of sp³-hybridized carbons (Fsp3) is 0.833. The molecule has 0 aromatic heterocycles. The first kappa shape index (κ1) is 14.9. The summed E-state index contributed by atoms with van der Waals surface area (Å²) >= 11 is -1.45. The molecule has 0 radical (unpaired) electrons. The standard InChI is InChI=1S/C6H14NO6PS/c7-5(6(8)9)4-15(13)3-1-2-14(10,11)12/h5H,1-4,7H2,(H,8,9)(H2,10,11,12)/t5-,15?/m1/s1. The highest BCUT2D eigenvalue weighted by atomic mass is 32.2. The molecule has 0 amide bonds. The van der Waals surface area contributed by atoms with Crippen molar-refractivity contribution < 1.29 is 28.8 Å². The molecule has 90 valence electrons. The van der Waals surface area contributed by atoms with E-state index < -0.39 is 30.8 Å². The summed E-state index contributed by atoms with van der Waals surface area (Å²) in [6.45, 7) is 0. The number of carboxylic acids is 1. The van der Waals surface area contributed by atoms with Gasteiger partial charge in [0.05, 0.1) is 6.16 Å². The Labute approximate surface area is 90.0 Å². The summed E-state index contributed by atoms with van der Waals surface area (Å²) in [4.78, 5) is 27.3. The largest absolute Gasteiger partial charge is 0.616 e. The van der Waals surface area contributed by atoms with Crippen LogP contribution < -0.4 is 5.73 Å². The van der Waals surface area contributed by atoms with E-state index in [4.69, 9.17) is 20.6 Å². The molecule has 0 spiro atoms. The molecule has 0 aromatic carbocycles. The topological polar surface area (TPSA) is 144 Å². The summed E-state index contributed by atoms with van der Waals surface area (Å²) in [6.07, 6.45) is -0.260. The number of hydrogen-bond donors (Lipinski definition) is 4. The van der Waals surface area contributed by atoms with Crippen molar-refractivity contribution in [2.45, 2.75) is 12.5 Å². The normalized spacial score (nSPS) is 16.0. The lowest BCUT2D eigenvalue weighted by molar-refractivity contribution is -0.137. The highest BCUT2D eigenvalue weighted by molar-refractivity contribution is 7.91. The van der Waals surface area contributed by atoms with Gasteiger partial charge in [0.25, 0.3) is 0 Å². The van der Waals surface area contributed by atoms with Crippen molar-refractivity contribution in [2.75, 3.05) is 17.7 Å². The summed E-state index contributed by atoms with van der Waals surface area (Å²) in [6, 6.07) is -1.19. The van der Waals surface area contributed by atoms with Gasteiger partial charge in [-0.25, -0.2) is 0 Å². The third kappa shape index (κ3) is 8.86. The second kappa shape index (κ2) is 6.47. The molecule has 5 N–H and O–H groups in total. The van der Waals surface area contributed by atoms with Crippen LogP contribution in [0.5, 0.6) is 0 Å². The van der Waals surface area contributed by atoms with Crippen LogP contribution in [-0.2, 0) is 20.5 Å². The molecule has 0 aliphatic carbocycles. The summed E-state index contributed by atoms with van der Waals surface area (Å²) in [5.41, 5.74) is 5.13. The molecule has 0 aliphatic rings. The van der Waals surface area contributed by atoms with Gasteiger partial charge in [0.1, 0.15) is 17.5 Å². The van der Waals surface area contributed by atoms with Crippen molar-refractivity contribution in [3.05, 3.63) is 0 Å². The Morgan fingerprint density at radius 1 is 1.53 bits per heavy atom. The monoisotopic (exact) mass is 259 g/mol. The first-order valence-electron chi connectivity index (χ1n) is 4.10. The van der Waals surface area contributed by atoms with Crippen molar-refractivity contribution in [1.29, 1.82) is 0 Å². The van der Waals surface area contributed by atoms with Crippen LogP contribution in [0.15, 0.2) is 0 Å². The average molecular weight is 259 g/mol. The highest BCUT2D eigenvalue weighted by Gasteiger charge is 2.20. The number of carbonyl (C=O) groups is 1. The Hall–Kier alpha value is -0.110. The third-order valence-corrected chi connectivity index (χ3v) is 3.88. The van der Waals surface area contributed by atoms with Gasteiger partial charge < -0.3 is 25.2 Å². The SMILES string of the molecule is N[C@H](C[S+]([O-])CCCP(=O)(O)O)C(=O)O. The van der Waals surface area contributed by atoms with Gasteiger partial charge in [-0.3, -0.25) is 9.36 Å². The van der Waals surface area contributed by atoms with E-state index in [0.717, 1.165) is 0 Å². The molecule has 9 heteroatoms. The van der Waals surface area contributed by atoms with Gasteiger partial charge in [-0.2, -0.15) is 0 Å². The van der Waals surface area contributed by atoms with Gasteiger partial charge in [0.15, 0.2) is 0 Å². The van der Waals surface area contributed by atoms with E-state index in [1.807, 2.05) is 0 Å². The van der Waals surface area contributed by atoms with Crippen LogP contribution in [0.4, 0.5) is 0 Å². The van der Waals surface area contributed by atoms with E-state index in [0.29, 0.717) is 0 Å². The molecule has 0 saturated heterocycles. The molecule has 15 heavy (non-hydrogen) atoms. The zero-order chi connectivity index (χ0) is 12.1. The van der Waals surface area contributed by atoms with Crippen LogP contribution in [0.1, 0.15) is 6.42 Å². The van der Waals surface area contributed by atoms with Crippen LogP contribution in [-0.4, -0.2) is 49.1 Å². The molecule has 1 unspecified atom stereocenters. The fourth-order valence-electron chi connectivity index (χ4n) is 0.786. The zero-order valence-electron chi connectivity index (χ0n) is 7.90. The first-order valence-corrected chi connectivity index (χ1v) is 7.39. The molecule has 0 rings (SSSR count). The van der Waals surface area contributed by atoms with E-state index in [1.54, 1.807) is 0 Å². The first-order chi connectivity index (χ1) is 6.72. The van der Waals surface area contributed by atoms with Crippen molar-refractivity contribution in [1.82, 2.24) is 0 Å². The average Bonchev–Trinajstić information content (AvgIpc) is 2.01. The second-order valence-electron chi connectivity index (χ2n) is 3.00. The maximum Gasteiger partial charge on any atom is 0.325 e. The smallest absolute Gasteiger partial charge is 0.325 e. The zero-order valence-corrected chi connectivity index (χ0v) is 9.62. The van der Waals surface area contributed by atoms with Crippen LogP contribution in [0.2, 0.25) is 0 Å². The number of rotatable bonds is 7. The van der Waals surface area contributed by atoms with E-state index >= 15 is 0 Å². The summed E-state index contributed by atoms with van der Waals surface area (Å²) in [7, 11) is -4.06. The van der Waals surface area contributed by atoms with Gasteiger partial charge in [0.2, 0.25) is 0 Å². The lowest BCUT2D eigenvalue weighted by Crippen LogP contribution is -2.38. The van der Waals surface area contributed by atoms with Gasteiger partial charge in [-0.1, -0.05) is 11.2 Å². The van der Waals surface area contributed by atoms with Crippen molar-refractivity contribution in [3.8, 4) is 0 Å². The molecule has 7 nitrogen and oxygen atoms in total. The predicted octanol–water partition coefficient (Wildman–Crippen LogP) is -1.29. The molecular weight excluding hydrogens is 245 g/mol.